The van der Waals surface area contributed by atoms with E-state index in [0.717, 1.165) is 36.3 Å². The molecule has 272 valence electrons. The van der Waals surface area contributed by atoms with Crippen LogP contribution in [0.15, 0.2) is 60.4 Å². The Bertz CT molecular complexity index is 1910. The van der Waals surface area contributed by atoms with Crippen molar-refractivity contribution in [2.45, 2.75) is 57.2 Å². The Kier molecular flexibility index (Phi) is 14.8. The van der Waals surface area contributed by atoms with Crippen molar-refractivity contribution in [3.63, 3.8) is 0 Å². The highest BCUT2D eigenvalue weighted by atomic mass is 32.1. The van der Waals surface area contributed by atoms with Gasteiger partial charge in [0.05, 0.1) is 34.4 Å². The minimum Gasteiger partial charge on any atom is -0.480 e. The number of carboxylic acid groups (broad SMARTS) is 1. The Morgan fingerprint density at radius 2 is 1.94 bits per heavy atom. The Morgan fingerprint density at radius 1 is 1.26 bits per heavy atom. The molecule has 0 bridgehead atoms. The van der Waals surface area contributed by atoms with E-state index in [-0.39, 0.29) is 35.0 Å². The number of carboxylic acids is 1. The summed E-state index contributed by atoms with van der Waals surface area (Å²) in [6.07, 6.45) is 4.64. The summed E-state index contributed by atoms with van der Waals surface area (Å²) in [7, 11) is -5.03. The zero-order chi connectivity index (χ0) is 40.8. The van der Waals surface area contributed by atoms with Crippen molar-refractivity contribution in [1.82, 2.24) is 19.7 Å². The zero-order valence-corrected chi connectivity index (χ0v) is 28.7. The van der Waals surface area contributed by atoms with Gasteiger partial charge in [0.15, 0.2) is 6.79 Å². The summed E-state index contributed by atoms with van der Waals surface area (Å²) in [6.45, 7) is 2.75. The summed E-state index contributed by atoms with van der Waals surface area (Å²) in [5.74, 6) is -3.85. The number of rotatable bonds is 15. The maximum absolute atomic E-state index is 15.4. The number of thiazole rings is 1. The second-order valence-corrected chi connectivity index (χ2v) is 12.3. The first kappa shape index (κ1) is 35.8. The fourth-order valence-corrected chi connectivity index (χ4v) is 5.36. The highest BCUT2D eigenvalue weighted by Crippen LogP contribution is 2.46. The number of hydrogen-bond donors (Lipinski definition) is 6. The summed E-state index contributed by atoms with van der Waals surface area (Å²) in [5.41, 5.74) is 7.73. The van der Waals surface area contributed by atoms with Crippen molar-refractivity contribution in [2.24, 2.45) is 11.5 Å². The molecule has 4 rings (SSSR count). The van der Waals surface area contributed by atoms with Crippen molar-refractivity contribution in [3.8, 4) is 17.3 Å². The quantitative estimate of drug-likeness (QED) is 0.0575. The lowest BCUT2D eigenvalue weighted by Crippen LogP contribution is -2.41. The predicted octanol–water partition coefficient (Wildman–Crippen LogP) is 3.86. The molecule has 2 aromatic heterocycles. The molecule has 0 amide bonds. The van der Waals surface area contributed by atoms with Crippen molar-refractivity contribution >= 4 is 25.1 Å². The van der Waals surface area contributed by atoms with E-state index in [1.807, 2.05) is 0 Å². The maximum Gasteiger partial charge on any atom is 0.471 e. The van der Waals surface area contributed by atoms with Gasteiger partial charge >= 0.3 is 13.8 Å². The van der Waals surface area contributed by atoms with Crippen molar-refractivity contribution in [1.29, 1.82) is 5.26 Å². The first-order valence-corrected chi connectivity index (χ1v) is 17.2. The molecule has 4 aromatic rings. The van der Waals surface area contributed by atoms with Crippen LogP contribution in [0.25, 0.3) is 11.3 Å². The van der Waals surface area contributed by atoms with E-state index in [1.54, 1.807) is 19.9 Å². The second-order valence-electron chi connectivity index (χ2n) is 10.2. The van der Waals surface area contributed by atoms with E-state index in [2.05, 4.69) is 19.6 Å². The molecule has 0 unspecified atom stereocenters. The SMILES string of the molecule is CCO.NCCCC[C@H](N)C(=O)O.[2H]c1c([2H])c(-c2csc([C@H](C)[C@@](Cn3cncn3)(OCOP(=O)(O)O)c3ccc(F)cc3F)n2)c([2H])c([2H])c1C#N. The second kappa shape index (κ2) is 20.6. The zero-order valence-electron chi connectivity index (χ0n) is 31.0. The molecule has 0 fully saturated rings. The molecule has 0 aliphatic carbocycles. The van der Waals surface area contributed by atoms with Crippen LogP contribution in [0.5, 0.6) is 0 Å². The third-order valence-electron chi connectivity index (χ3n) is 6.66. The number of phosphoric acid groups is 1. The number of aliphatic carboxylic acids is 1. The highest BCUT2D eigenvalue weighted by Gasteiger charge is 2.45. The molecular weight excluding hydrogens is 699 g/mol. The van der Waals surface area contributed by atoms with Crippen LogP contribution >= 0.6 is 19.2 Å². The standard InChI is InChI=1S/C23H20F2N5O5PS.C6H14N2O2.C2H6O/c1-15(22-29-21(10-37-22)17-4-2-16(9-26)3-5-17)23(11-30-13-27-12-28-30,34-14-35-36(31,32)33)19-7-6-18(24)8-20(19)25;7-4-2-1-3-5(8)6(9)10;1-2-3/h2-8,10,12-13,15H,11,14H2,1H3,(H2,31,32,33);5H,1-4,7-8H2,(H,9,10);3H,2H2,1H3/t15-,23+;5-;/m00./s1/i2D,3D,4D,5D;;. The third kappa shape index (κ3) is 13.0. The molecule has 2 heterocycles. The van der Waals surface area contributed by atoms with Crippen LogP contribution in [-0.2, 0) is 30.8 Å². The summed E-state index contributed by atoms with van der Waals surface area (Å²) in [5, 5.41) is 30.8. The predicted molar refractivity (Wildman–Crippen MR) is 179 cm³/mol. The fourth-order valence-electron chi connectivity index (χ4n) is 4.22. The Labute approximate surface area is 297 Å². The fraction of sp³-hybridized carbons (Fsp3) is 0.387. The van der Waals surface area contributed by atoms with Gasteiger partial charge in [0, 0.05) is 35.1 Å². The molecule has 0 saturated carbocycles. The topological polar surface area (TPSA) is 253 Å². The van der Waals surface area contributed by atoms with Crippen molar-refractivity contribution in [2.75, 3.05) is 19.9 Å². The van der Waals surface area contributed by atoms with Crippen LogP contribution < -0.4 is 11.5 Å². The van der Waals surface area contributed by atoms with Gasteiger partial charge in [-0.2, -0.15) is 10.4 Å². The lowest BCUT2D eigenvalue weighted by molar-refractivity contribution is -0.140. The van der Waals surface area contributed by atoms with Crippen LogP contribution in [0.2, 0.25) is 0 Å². The largest absolute Gasteiger partial charge is 0.480 e. The molecule has 0 radical (unpaired) electrons. The number of nitrogens with two attached hydrogens (primary N) is 2. The molecule has 0 aliphatic rings. The van der Waals surface area contributed by atoms with Crippen molar-refractivity contribution < 1.29 is 52.9 Å². The first-order valence-electron chi connectivity index (χ1n) is 16.8. The van der Waals surface area contributed by atoms with Gasteiger partial charge in [0.25, 0.3) is 0 Å². The van der Waals surface area contributed by atoms with Gasteiger partial charge in [-0.25, -0.2) is 28.0 Å². The number of nitriles is 1. The lowest BCUT2D eigenvalue weighted by atomic mass is 9.81. The maximum atomic E-state index is 15.4. The summed E-state index contributed by atoms with van der Waals surface area (Å²) in [4.78, 5) is 36.9. The monoisotopic (exact) mass is 743 g/mol. The number of unbranched alkanes of at least 4 members (excludes halogenated alkanes) is 1. The number of hydrogen-bond acceptors (Lipinski definition) is 12. The van der Waals surface area contributed by atoms with Gasteiger partial charge in [-0.15, -0.1) is 11.3 Å². The van der Waals surface area contributed by atoms with E-state index in [9.17, 15) is 28.8 Å². The lowest BCUT2D eigenvalue weighted by Gasteiger charge is -2.38. The number of aromatic nitrogens is 4. The average molecular weight is 744 g/mol. The highest BCUT2D eigenvalue weighted by molar-refractivity contribution is 7.46. The molecule has 0 aliphatic heterocycles. The number of halogens is 2. The van der Waals surface area contributed by atoms with Crippen LogP contribution in [0.3, 0.4) is 0 Å². The Morgan fingerprint density at radius 3 is 2.48 bits per heavy atom. The van der Waals surface area contributed by atoms with Gasteiger partial charge in [-0.3, -0.25) is 9.32 Å². The van der Waals surface area contributed by atoms with Crippen LogP contribution in [-0.4, -0.2) is 71.7 Å². The van der Waals surface area contributed by atoms with E-state index < -0.39 is 79.5 Å². The van der Waals surface area contributed by atoms with Crippen molar-refractivity contribution in [3.05, 3.63) is 88.2 Å². The minimum absolute atomic E-state index is 0.0269. The summed E-state index contributed by atoms with van der Waals surface area (Å²) >= 11 is 0.992. The Hall–Kier alpha value is -4.02. The van der Waals surface area contributed by atoms with Gasteiger partial charge in [-0.05, 0) is 44.5 Å². The number of aliphatic hydroxyl groups excluding tert-OH is 1. The number of carbonyl (C=O) groups is 1. The molecule has 0 saturated heterocycles. The van der Waals surface area contributed by atoms with E-state index in [1.165, 1.54) is 22.7 Å². The van der Waals surface area contributed by atoms with Crippen LogP contribution in [0.4, 0.5) is 8.78 Å². The van der Waals surface area contributed by atoms with Gasteiger partial charge < -0.3 is 36.2 Å². The minimum atomic E-state index is -5.03. The normalized spacial score (nSPS) is 14.6. The number of aliphatic hydroxyl groups is 1. The molecule has 19 heteroatoms. The van der Waals surface area contributed by atoms with Crippen LogP contribution in [0, 0.1) is 23.0 Å². The number of phosphoric ester groups is 1. The molecule has 3 atom stereocenters. The average Bonchev–Trinajstić information content (AvgIpc) is 3.80. The van der Waals surface area contributed by atoms with E-state index in [0.29, 0.717) is 19.0 Å². The molecule has 8 N–H and O–H groups in total. The summed E-state index contributed by atoms with van der Waals surface area (Å²) < 4.78 is 85.1. The third-order valence-corrected chi connectivity index (χ3v) is 8.13. The van der Waals surface area contributed by atoms with Gasteiger partial charge in [0.2, 0.25) is 0 Å². The van der Waals surface area contributed by atoms with E-state index in [4.69, 9.17) is 31.9 Å². The smallest absolute Gasteiger partial charge is 0.471 e. The first-order chi connectivity index (χ1) is 25.4. The molecule has 0 spiro atoms. The molecule has 15 nitrogen and oxygen atoms in total. The Balaban J connectivity index is 0.000000665. The molecule has 2 aromatic carbocycles. The number of ether oxygens (including phenoxy) is 1. The molecular formula is C31H40F2N7O8PS. The van der Waals surface area contributed by atoms with Crippen LogP contribution in [0.1, 0.15) is 60.6 Å². The number of benzene rings is 2. The van der Waals surface area contributed by atoms with Gasteiger partial charge in [-0.1, -0.05) is 31.5 Å². The number of nitrogens with zero attached hydrogens (tertiary/aromatic N) is 5. The van der Waals surface area contributed by atoms with Gasteiger partial charge in [0.1, 0.15) is 35.9 Å². The van der Waals surface area contributed by atoms with E-state index >= 15 is 4.39 Å². The summed E-state index contributed by atoms with van der Waals surface area (Å²) in [6, 6.07) is 1.56. The molecule has 50 heavy (non-hydrogen) atoms.